The van der Waals surface area contributed by atoms with Gasteiger partial charge in [-0.3, -0.25) is 4.98 Å². The Kier molecular flexibility index (Phi) is 2.81. The van der Waals surface area contributed by atoms with E-state index in [1.807, 2.05) is 53.4 Å². The van der Waals surface area contributed by atoms with Crippen molar-refractivity contribution in [3.63, 3.8) is 0 Å². The highest BCUT2D eigenvalue weighted by atomic mass is 16.3. The zero-order chi connectivity index (χ0) is 13.2. The molecule has 0 bridgehead atoms. The number of hydrogen-bond acceptors (Lipinski definition) is 4. The minimum Gasteiger partial charge on any atom is -0.334 e. The molecule has 1 aromatic carbocycles. The van der Waals surface area contributed by atoms with Crippen molar-refractivity contribution in [2.75, 3.05) is 0 Å². The number of nitrogens with zero attached hydrogens (tertiary/aromatic N) is 3. The largest absolute Gasteiger partial charge is 0.334 e. The van der Waals surface area contributed by atoms with Gasteiger partial charge in [-0.25, -0.2) is 0 Å². The molecule has 0 saturated heterocycles. The van der Waals surface area contributed by atoms with Gasteiger partial charge in [-0.05, 0) is 23.4 Å². The van der Waals surface area contributed by atoms with Crippen molar-refractivity contribution in [2.24, 2.45) is 10.9 Å². The molecule has 5 nitrogen and oxygen atoms in total. The first-order chi connectivity index (χ1) is 9.31. The number of nitroso groups, excluding NO2 is 1. The maximum atomic E-state index is 11.2. The maximum Gasteiger partial charge on any atom is 0.140 e. The van der Waals surface area contributed by atoms with Crippen LogP contribution in [0.2, 0.25) is 0 Å². The summed E-state index contributed by atoms with van der Waals surface area (Å²) >= 11 is 0. The van der Waals surface area contributed by atoms with Crippen molar-refractivity contribution in [1.29, 1.82) is 0 Å². The van der Waals surface area contributed by atoms with Crippen LogP contribution in [0.3, 0.4) is 0 Å². The summed E-state index contributed by atoms with van der Waals surface area (Å²) in [7, 11) is 0. The second kappa shape index (κ2) is 4.62. The van der Waals surface area contributed by atoms with Crippen LogP contribution in [0.4, 0.5) is 5.69 Å². The minimum absolute atomic E-state index is 0.305. The van der Waals surface area contributed by atoms with Crippen LogP contribution in [-0.4, -0.2) is 9.55 Å². The van der Waals surface area contributed by atoms with Gasteiger partial charge >= 0.3 is 0 Å². The monoisotopic (exact) mass is 252 g/mol. The average Bonchev–Trinajstić information content (AvgIpc) is 2.99. The number of nitrogens with two attached hydrogens (primary N) is 1. The molecule has 1 unspecified atom stereocenters. The molecule has 0 aliphatic carbocycles. The molecule has 0 spiro atoms. The van der Waals surface area contributed by atoms with E-state index in [4.69, 9.17) is 5.73 Å². The van der Waals surface area contributed by atoms with Crippen LogP contribution in [0.25, 0.3) is 10.9 Å². The van der Waals surface area contributed by atoms with Crippen LogP contribution in [0.5, 0.6) is 0 Å². The lowest BCUT2D eigenvalue weighted by Crippen LogP contribution is -2.18. The lowest BCUT2D eigenvalue weighted by atomic mass is 10.1. The molecule has 0 saturated carbocycles. The average molecular weight is 252 g/mol. The maximum absolute atomic E-state index is 11.2. The molecule has 2 N–H and O–H groups in total. The third-order valence-corrected chi connectivity index (χ3v) is 3.14. The zero-order valence-electron chi connectivity index (χ0n) is 10.1. The van der Waals surface area contributed by atoms with Crippen LogP contribution < -0.4 is 5.73 Å². The summed E-state index contributed by atoms with van der Waals surface area (Å²) in [5, 5.41) is 4.00. The molecule has 3 rings (SSSR count). The number of benzene rings is 1. The second-order valence-corrected chi connectivity index (χ2v) is 4.24. The number of fused-ring (bicyclic) bond motifs is 1. The van der Waals surface area contributed by atoms with E-state index in [1.165, 1.54) is 0 Å². The van der Waals surface area contributed by atoms with E-state index in [-0.39, 0.29) is 0 Å². The summed E-state index contributed by atoms with van der Waals surface area (Å²) < 4.78 is 1.82. The van der Waals surface area contributed by atoms with E-state index in [1.54, 1.807) is 6.20 Å². The number of hydrogen-bond donors (Lipinski definition) is 1. The van der Waals surface area contributed by atoms with Crippen LogP contribution in [-0.2, 0) is 0 Å². The summed E-state index contributed by atoms with van der Waals surface area (Å²) in [6.07, 6.45) is 4.89. The van der Waals surface area contributed by atoms with Crippen LogP contribution in [0.1, 0.15) is 11.7 Å². The van der Waals surface area contributed by atoms with Gasteiger partial charge in [0.2, 0.25) is 0 Å². The van der Waals surface area contributed by atoms with Crippen molar-refractivity contribution >= 4 is 16.6 Å². The van der Waals surface area contributed by atoms with Crippen molar-refractivity contribution in [2.45, 2.75) is 6.17 Å². The number of pyridine rings is 1. The third kappa shape index (κ3) is 1.90. The summed E-state index contributed by atoms with van der Waals surface area (Å²) in [5.74, 6) is 0. The molecule has 2 heterocycles. The van der Waals surface area contributed by atoms with E-state index < -0.39 is 6.17 Å². The Hall–Kier alpha value is -2.53. The number of rotatable bonds is 3. The highest BCUT2D eigenvalue weighted by molar-refractivity contribution is 5.90. The summed E-state index contributed by atoms with van der Waals surface area (Å²) in [5.41, 5.74) is 7.71. The van der Waals surface area contributed by atoms with Crippen molar-refractivity contribution in [3.8, 4) is 0 Å². The highest BCUT2D eigenvalue weighted by Crippen LogP contribution is 2.32. The highest BCUT2D eigenvalue weighted by Gasteiger charge is 2.16. The summed E-state index contributed by atoms with van der Waals surface area (Å²) in [6.45, 7) is 0. The van der Waals surface area contributed by atoms with Gasteiger partial charge in [-0.1, -0.05) is 18.2 Å². The van der Waals surface area contributed by atoms with E-state index in [0.717, 1.165) is 5.39 Å². The topological polar surface area (TPSA) is 73.3 Å². The van der Waals surface area contributed by atoms with E-state index in [2.05, 4.69) is 10.2 Å². The fourth-order valence-corrected chi connectivity index (χ4v) is 2.17. The minimum atomic E-state index is -0.450. The Morgan fingerprint density at radius 3 is 2.68 bits per heavy atom. The molecule has 0 radical (unpaired) electrons. The van der Waals surface area contributed by atoms with E-state index in [9.17, 15) is 4.91 Å². The molecule has 3 aromatic rings. The van der Waals surface area contributed by atoms with Crippen LogP contribution in [0, 0.1) is 4.91 Å². The zero-order valence-corrected chi connectivity index (χ0v) is 10.1. The molecule has 0 aliphatic heterocycles. The first-order valence-electron chi connectivity index (χ1n) is 5.90. The molecule has 0 amide bonds. The lowest BCUT2D eigenvalue weighted by molar-refractivity contribution is 0.615. The van der Waals surface area contributed by atoms with Gasteiger partial charge in [-0.15, -0.1) is 4.91 Å². The molecule has 2 aromatic heterocycles. The lowest BCUT2D eigenvalue weighted by Gasteiger charge is -2.16. The Bertz CT molecular complexity index is 721. The fourth-order valence-electron chi connectivity index (χ4n) is 2.17. The smallest absolute Gasteiger partial charge is 0.140 e. The standard InChI is InChI=1S/C14H12N4O/c15-14(18-8-1-2-9-18)11-6-5-10-4-3-7-16-12(10)13(11)17-19/h1-9,14H,15H2. The molecular weight excluding hydrogens is 240 g/mol. The SMILES string of the molecule is NC(c1ccc2cccnc2c1N=O)n1cccc1. The van der Waals surface area contributed by atoms with Crippen molar-refractivity contribution < 1.29 is 0 Å². The van der Waals surface area contributed by atoms with Gasteiger partial charge in [0, 0.05) is 29.5 Å². The quantitative estimate of drug-likeness (QED) is 0.728. The molecule has 19 heavy (non-hydrogen) atoms. The fraction of sp³-hybridized carbons (Fsp3) is 0.0714. The van der Waals surface area contributed by atoms with E-state index >= 15 is 0 Å². The Labute approximate surface area is 109 Å². The number of aromatic nitrogens is 2. The molecule has 0 aliphatic rings. The first kappa shape index (κ1) is 11.6. The second-order valence-electron chi connectivity index (χ2n) is 4.24. The molecule has 94 valence electrons. The Morgan fingerprint density at radius 2 is 1.95 bits per heavy atom. The van der Waals surface area contributed by atoms with Gasteiger partial charge in [0.15, 0.2) is 0 Å². The predicted molar refractivity (Wildman–Crippen MR) is 74.0 cm³/mol. The van der Waals surface area contributed by atoms with Gasteiger partial charge in [0.05, 0.1) is 5.52 Å². The normalized spacial score (nSPS) is 12.5. The predicted octanol–water partition coefficient (Wildman–Crippen LogP) is 2.94. The van der Waals surface area contributed by atoms with Crippen LogP contribution in [0.15, 0.2) is 60.2 Å². The van der Waals surface area contributed by atoms with Gasteiger partial charge in [-0.2, -0.15) is 0 Å². The van der Waals surface area contributed by atoms with Gasteiger partial charge in [0.25, 0.3) is 0 Å². The van der Waals surface area contributed by atoms with Crippen molar-refractivity contribution in [1.82, 2.24) is 9.55 Å². The Morgan fingerprint density at radius 1 is 1.16 bits per heavy atom. The van der Waals surface area contributed by atoms with Crippen LogP contribution >= 0.6 is 0 Å². The van der Waals surface area contributed by atoms with Gasteiger partial charge < -0.3 is 10.3 Å². The first-order valence-corrected chi connectivity index (χ1v) is 5.90. The molecule has 5 heteroatoms. The van der Waals surface area contributed by atoms with Crippen molar-refractivity contribution in [3.05, 3.63) is 65.5 Å². The third-order valence-electron chi connectivity index (χ3n) is 3.14. The molecular formula is C14H12N4O. The molecule has 0 fully saturated rings. The summed E-state index contributed by atoms with van der Waals surface area (Å²) in [6, 6.07) is 11.2. The van der Waals surface area contributed by atoms with Gasteiger partial charge in [0.1, 0.15) is 11.9 Å². The van der Waals surface area contributed by atoms with E-state index in [0.29, 0.717) is 16.8 Å². The molecule has 1 atom stereocenters. The summed E-state index contributed by atoms with van der Waals surface area (Å²) in [4.78, 5) is 15.4. The Balaban J connectivity index is 2.21.